The Morgan fingerprint density at radius 3 is 2.56 bits per heavy atom. The van der Waals surface area contributed by atoms with Crippen LogP contribution in [0.4, 0.5) is 5.69 Å². The standard InChI is InChI=1S/C20H19N3O4/c1-13(24)18(17(19(25)26)14-6-3-2-4-7-14)27-16-9-5-8-15(12-16)23-20-21-10-11-22-20/h2-9,12H,10-11H2,1H3,(H,25,26)(H2,21,22,23). The van der Waals surface area contributed by atoms with E-state index in [1.165, 1.54) is 6.92 Å². The minimum absolute atomic E-state index is 0.178. The number of anilines is 1. The number of benzene rings is 2. The second kappa shape index (κ2) is 8.18. The van der Waals surface area contributed by atoms with Gasteiger partial charge in [-0.1, -0.05) is 36.4 Å². The first kappa shape index (κ1) is 18.2. The number of guanidine groups is 1. The van der Waals surface area contributed by atoms with Gasteiger partial charge in [-0.05, 0) is 17.7 Å². The smallest absolute Gasteiger partial charge is 0.340 e. The second-order valence-corrected chi connectivity index (χ2v) is 5.84. The Morgan fingerprint density at radius 1 is 1.15 bits per heavy atom. The molecule has 0 radical (unpaired) electrons. The Labute approximate surface area is 156 Å². The molecule has 1 heterocycles. The van der Waals surface area contributed by atoms with E-state index in [1.807, 2.05) is 6.07 Å². The number of hydrogen-bond donors (Lipinski definition) is 3. The Kier molecular flexibility index (Phi) is 5.51. The zero-order valence-electron chi connectivity index (χ0n) is 14.7. The van der Waals surface area contributed by atoms with Crippen LogP contribution in [0.15, 0.2) is 65.3 Å². The molecule has 7 nitrogen and oxygen atoms in total. The van der Waals surface area contributed by atoms with E-state index in [4.69, 9.17) is 4.74 Å². The molecule has 0 atom stereocenters. The summed E-state index contributed by atoms with van der Waals surface area (Å²) in [5.41, 5.74) is 0.928. The second-order valence-electron chi connectivity index (χ2n) is 5.84. The van der Waals surface area contributed by atoms with Gasteiger partial charge in [-0.2, -0.15) is 0 Å². The molecule has 3 N–H and O–H groups in total. The van der Waals surface area contributed by atoms with Gasteiger partial charge in [0.15, 0.2) is 17.5 Å². The van der Waals surface area contributed by atoms with Crippen LogP contribution in [0.2, 0.25) is 0 Å². The number of carboxylic acid groups (broad SMARTS) is 1. The van der Waals surface area contributed by atoms with Gasteiger partial charge >= 0.3 is 5.97 Å². The van der Waals surface area contributed by atoms with Crippen molar-refractivity contribution >= 4 is 29.0 Å². The van der Waals surface area contributed by atoms with Crippen molar-refractivity contribution in [2.24, 2.45) is 4.99 Å². The predicted octanol–water partition coefficient (Wildman–Crippen LogP) is 2.52. The van der Waals surface area contributed by atoms with Crippen LogP contribution in [0, 0.1) is 0 Å². The number of Topliss-reactive ketones (excluding diaryl/α,β-unsaturated/α-hetero) is 1. The number of ketones is 1. The van der Waals surface area contributed by atoms with Gasteiger partial charge in [0.05, 0.1) is 6.54 Å². The molecule has 0 spiro atoms. The van der Waals surface area contributed by atoms with Gasteiger partial charge in [-0.25, -0.2) is 4.79 Å². The van der Waals surface area contributed by atoms with Crippen molar-refractivity contribution in [3.63, 3.8) is 0 Å². The molecule has 7 heteroatoms. The summed E-state index contributed by atoms with van der Waals surface area (Å²) in [6, 6.07) is 15.3. The number of nitrogens with one attached hydrogen (secondary N) is 2. The molecule has 0 fully saturated rings. The lowest BCUT2D eigenvalue weighted by Crippen LogP contribution is -2.26. The van der Waals surface area contributed by atoms with Crippen LogP contribution < -0.4 is 15.4 Å². The predicted molar refractivity (Wildman–Crippen MR) is 103 cm³/mol. The zero-order valence-corrected chi connectivity index (χ0v) is 14.7. The van der Waals surface area contributed by atoms with Crippen LogP contribution in [0.1, 0.15) is 12.5 Å². The Hall–Kier alpha value is -3.61. The van der Waals surface area contributed by atoms with Crippen LogP contribution in [0.3, 0.4) is 0 Å². The summed E-state index contributed by atoms with van der Waals surface area (Å²) >= 11 is 0. The van der Waals surface area contributed by atoms with Crippen LogP contribution in [0.5, 0.6) is 5.75 Å². The van der Waals surface area contributed by atoms with E-state index >= 15 is 0 Å². The van der Waals surface area contributed by atoms with Crippen LogP contribution >= 0.6 is 0 Å². The van der Waals surface area contributed by atoms with E-state index in [0.29, 0.717) is 29.5 Å². The Bertz CT molecular complexity index is 920. The Balaban J connectivity index is 1.94. The summed E-state index contributed by atoms with van der Waals surface area (Å²) in [4.78, 5) is 28.2. The summed E-state index contributed by atoms with van der Waals surface area (Å²) in [6.07, 6.45) is 0. The zero-order chi connectivity index (χ0) is 19.2. The third-order valence-corrected chi connectivity index (χ3v) is 3.81. The fourth-order valence-electron chi connectivity index (χ4n) is 2.63. The van der Waals surface area contributed by atoms with E-state index in [2.05, 4.69) is 15.6 Å². The minimum Gasteiger partial charge on any atom is -0.478 e. The molecule has 2 aromatic carbocycles. The van der Waals surface area contributed by atoms with Crippen molar-refractivity contribution in [1.82, 2.24) is 5.32 Å². The number of carbonyl (C=O) groups is 2. The summed E-state index contributed by atoms with van der Waals surface area (Å²) in [7, 11) is 0. The molecule has 0 unspecified atom stereocenters. The quantitative estimate of drug-likeness (QED) is 0.537. The van der Waals surface area contributed by atoms with Gasteiger partial charge in [-0.15, -0.1) is 0 Å². The lowest BCUT2D eigenvalue weighted by Gasteiger charge is -2.13. The average molecular weight is 365 g/mol. The van der Waals surface area contributed by atoms with Gasteiger partial charge in [-0.3, -0.25) is 9.79 Å². The molecule has 0 aliphatic carbocycles. The van der Waals surface area contributed by atoms with Crippen molar-refractivity contribution in [2.45, 2.75) is 6.92 Å². The normalized spacial score (nSPS) is 13.9. The van der Waals surface area contributed by atoms with Gasteiger partial charge in [0.25, 0.3) is 0 Å². The highest BCUT2D eigenvalue weighted by molar-refractivity contribution is 6.22. The van der Waals surface area contributed by atoms with Crippen molar-refractivity contribution in [2.75, 3.05) is 18.4 Å². The van der Waals surface area contributed by atoms with E-state index in [-0.39, 0.29) is 11.3 Å². The number of aliphatic imine (C=N–C) groups is 1. The lowest BCUT2D eigenvalue weighted by molar-refractivity contribution is -0.130. The maximum Gasteiger partial charge on any atom is 0.340 e. The summed E-state index contributed by atoms with van der Waals surface area (Å²) in [5.74, 6) is -0.924. The van der Waals surface area contributed by atoms with Crippen LogP contribution in [0.25, 0.3) is 5.57 Å². The fraction of sp³-hybridized carbons (Fsp3) is 0.150. The third kappa shape index (κ3) is 4.52. The molecular weight excluding hydrogens is 346 g/mol. The Morgan fingerprint density at radius 2 is 1.93 bits per heavy atom. The third-order valence-electron chi connectivity index (χ3n) is 3.81. The van der Waals surface area contributed by atoms with Gasteiger partial charge in [0.2, 0.25) is 0 Å². The van der Waals surface area contributed by atoms with Gasteiger partial charge in [0, 0.05) is 25.2 Å². The average Bonchev–Trinajstić information content (AvgIpc) is 3.15. The molecule has 138 valence electrons. The monoisotopic (exact) mass is 365 g/mol. The molecule has 0 saturated heterocycles. The molecule has 0 bridgehead atoms. The highest BCUT2D eigenvalue weighted by Gasteiger charge is 2.22. The molecule has 27 heavy (non-hydrogen) atoms. The maximum atomic E-state index is 12.1. The highest BCUT2D eigenvalue weighted by atomic mass is 16.5. The van der Waals surface area contributed by atoms with E-state index in [9.17, 15) is 14.7 Å². The van der Waals surface area contributed by atoms with Crippen LogP contribution in [-0.2, 0) is 9.59 Å². The highest BCUT2D eigenvalue weighted by Crippen LogP contribution is 2.25. The molecular formula is C20H19N3O4. The van der Waals surface area contributed by atoms with Crippen molar-refractivity contribution in [3.05, 3.63) is 65.9 Å². The summed E-state index contributed by atoms with van der Waals surface area (Å²) in [5, 5.41) is 15.8. The van der Waals surface area contributed by atoms with Crippen LogP contribution in [-0.4, -0.2) is 35.9 Å². The molecule has 3 rings (SSSR count). The van der Waals surface area contributed by atoms with Gasteiger partial charge in [0.1, 0.15) is 11.3 Å². The van der Waals surface area contributed by atoms with E-state index in [0.717, 1.165) is 6.54 Å². The number of aliphatic carboxylic acids is 1. The first-order chi connectivity index (χ1) is 13.0. The molecule has 2 aromatic rings. The number of ether oxygens (including phenoxy) is 1. The SMILES string of the molecule is CC(=O)C(Oc1cccc(NC2=NCCN2)c1)=C(C(=O)O)c1ccccc1. The molecule has 1 aliphatic rings. The van der Waals surface area contributed by atoms with Gasteiger partial charge < -0.3 is 20.5 Å². The largest absolute Gasteiger partial charge is 0.478 e. The van der Waals surface area contributed by atoms with E-state index < -0.39 is 11.8 Å². The fourth-order valence-corrected chi connectivity index (χ4v) is 2.63. The van der Waals surface area contributed by atoms with Crippen molar-refractivity contribution in [3.8, 4) is 5.75 Å². The summed E-state index contributed by atoms with van der Waals surface area (Å²) < 4.78 is 5.71. The molecule has 1 aliphatic heterocycles. The number of rotatable bonds is 6. The first-order valence-corrected chi connectivity index (χ1v) is 8.42. The first-order valence-electron chi connectivity index (χ1n) is 8.42. The maximum absolute atomic E-state index is 12.1. The molecule has 0 amide bonds. The number of carboxylic acids is 1. The van der Waals surface area contributed by atoms with Crippen molar-refractivity contribution in [1.29, 1.82) is 0 Å². The number of hydrogen-bond acceptors (Lipinski definition) is 6. The summed E-state index contributed by atoms with van der Waals surface area (Å²) in [6.45, 7) is 2.75. The van der Waals surface area contributed by atoms with E-state index in [1.54, 1.807) is 48.5 Å². The molecule has 0 aromatic heterocycles. The number of allylic oxidation sites excluding steroid dienone is 1. The molecule has 0 saturated carbocycles. The number of nitrogens with zero attached hydrogens (tertiary/aromatic N) is 1. The topological polar surface area (TPSA) is 100 Å². The van der Waals surface area contributed by atoms with Crippen molar-refractivity contribution < 1.29 is 19.4 Å². The minimum atomic E-state index is -1.23. The number of carbonyl (C=O) groups excluding carboxylic acids is 1. The lowest BCUT2D eigenvalue weighted by atomic mass is 10.0.